The lowest BCUT2D eigenvalue weighted by molar-refractivity contribution is 0.0907. The minimum Gasteiger partial charge on any atom is -0.496 e. The molecule has 2 aromatic rings. The number of aromatic amines is 1. The number of hydrogen-bond donors (Lipinski definition) is 2. The predicted molar refractivity (Wildman–Crippen MR) is 90.0 cm³/mol. The van der Waals surface area contributed by atoms with Gasteiger partial charge in [-0.15, -0.1) is 0 Å². The summed E-state index contributed by atoms with van der Waals surface area (Å²) in [5.41, 5.74) is 3.57. The summed E-state index contributed by atoms with van der Waals surface area (Å²) >= 11 is 0. The Labute approximate surface area is 136 Å². The Kier molecular flexibility index (Phi) is 5.96. The molecule has 0 radical (unpaired) electrons. The number of aliphatic hydroxyl groups excluding tert-OH is 1. The van der Waals surface area contributed by atoms with E-state index in [2.05, 4.69) is 4.98 Å². The van der Waals surface area contributed by atoms with Crippen LogP contribution in [-0.4, -0.2) is 47.6 Å². The zero-order valence-electron chi connectivity index (χ0n) is 13.9. The first kappa shape index (κ1) is 17.2. The van der Waals surface area contributed by atoms with E-state index in [4.69, 9.17) is 4.74 Å². The van der Waals surface area contributed by atoms with E-state index in [1.807, 2.05) is 49.1 Å². The van der Waals surface area contributed by atoms with E-state index >= 15 is 0 Å². The molecule has 0 aliphatic carbocycles. The van der Waals surface area contributed by atoms with Crippen molar-refractivity contribution in [1.82, 2.24) is 9.88 Å². The van der Waals surface area contributed by atoms with Crippen molar-refractivity contribution in [2.45, 2.75) is 20.4 Å². The lowest BCUT2D eigenvalue weighted by Gasteiger charge is -2.21. The molecular formula is C18H24N2O3. The average molecular weight is 316 g/mol. The molecule has 0 aliphatic rings. The molecule has 0 saturated carbocycles. The smallest absolute Gasteiger partial charge is 0.178 e. The van der Waals surface area contributed by atoms with Crippen LogP contribution >= 0.6 is 0 Å². The zero-order valence-corrected chi connectivity index (χ0v) is 13.9. The molecule has 0 fully saturated rings. The van der Waals surface area contributed by atoms with E-state index in [9.17, 15) is 9.90 Å². The molecular weight excluding hydrogens is 292 g/mol. The molecule has 124 valence electrons. The Hall–Kier alpha value is -2.11. The first-order valence-electron chi connectivity index (χ1n) is 7.69. The summed E-state index contributed by atoms with van der Waals surface area (Å²) in [6, 6.07) is 9.59. The van der Waals surface area contributed by atoms with Gasteiger partial charge in [0, 0.05) is 35.6 Å². The normalized spacial score (nSPS) is 11.0. The van der Waals surface area contributed by atoms with Crippen LogP contribution in [0.4, 0.5) is 0 Å². The lowest BCUT2D eigenvalue weighted by Crippen LogP contribution is -2.32. The Balaban J connectivity index is 2.12. The van der Waals surface area contributed by atoms with Gasteiger partial charge in [-0.25, -0.2) is 0 Å². The molecule has 2 rings (SSSR count). The lowest BCUT2D eigenvalue weighted by atomic mass is 10.1. The minimum atomic E-state index is 0.00752. The second-order valence-corrected chi connectivity index (χ2v) is 5.66. The van der Waals surface area contributed by atoms with Crippen molar-refractivity contribution in [3.63, 3.8) is 0 Å². The molecule has 0 bridgehead atoms. The van der Waals surface area contributed by atoms with Crippen LogP contribution in [0.15, 0.2) is 30.3 Å². The number of para-hydroxylation sites is 1. The van der Waals surface area contributed by atoms with Crippen molar-refractivity contribution in [2.75, 3.05) is 26.8 Å². The van der Waals surface area contributed by atoms with Gasteiger partial charge in [-0.1, -0.05) is 18.2 Å². The maximum atomic E-state index is 12.5. The standard InChI is InChI=1S/C18H24N2O3/c1-13-10-16(14(2)19-13)17(22)12-20(8-9-21)11-15-6-4-5-7-18(15)23-3/h4-7,10,19,21H,8-9,11-12H2,1-3H3. The van der Waals surface area contributed by atoms with Gasteiger partial charge in [0.15, 0.2) is 5.78 Å². The molecule has 5 nitrogen and oxygen atoms in total. The number of ketones is 1. The molecule has 2 N–H and O–H groups in total. The van der Waals surface area contributed by atoms with Crippen LogP contribution in [0.2, 0.25) is 0 Å². The van der Waals surface area contributed by atoms with Gasteiger partial charge in [-0.05, 0) is 26.0 Å². The highest BCUT2D eigenvalue weighted by Gasteiger charge is 2.17. The van der Waals surface area contributed by atoms with Gasteiger partial charge in [-0.2, -0.15) is 0 Å². The van der Waals surface area contributed by atoms with Crippen molar-refractivity contribution in [3.05, 3.63) is 52.8 Å². The number of hydrogen-bond acceptors (Lipinski definition) is 4. The van der Waals surface area contributed by atoms with Crippen molar-refractivity contribution < 1.29 is 14.6 Å². The molecule has 0 amide bonds. The second-order valence-electron chi connectivity index (χ2n) is 5.66. The van der Waals surface area contributed by atoms with Gasteiger partial charge in [0.2, 0.25) is 0 Å². The third-order valence-electron chi connectivity index (χ3n) is 3.82. The summed E-state index contributed by atoms with van der Waals surface area (Å²) in [7, 11) is 1.63. The molecule has 1 heterocycles. The highest BCUT2D eigenvalue weighted by Crippen LogP contribution is 2.19. The van der Waals surface area contributed by atoms with Gasteiger partial charge < -0.3 is 14.8 Å². The van der Waals surface area contributed by atoms with E-state index in [1.54, 1.807) is 7.11 Å². The molecule has 5 heteroatoms. The first-order valence-corrected chi connectivity index (χ1v) is 7.69. The van der Waals surface area contributed by atoms with E-state index in [1.165, 1.54) is 0 Å². The maximum absolute atomic E-state index is 12.5. The largest absolute Gasteiger partial charge is 0.496 e. The summed E-state index contributed by atoms with van der Waals surface area (Å²) in [4.78, 5) is 17.6. The molecule has 0 saturated heterocycles. The highest BCUT2D eigenvalue weighted by atomic mass is 16.5. The van der Waals surface area contributed by atoms with Crippen LogP contribution in [-0.2, 0) is 6.54 Å². The number of aryl methyl sites for hydroxylation is 2. The van der Waals surface area contributed by atoms with Crippen molar-refractivity contribution in [2.24, 2.45) is 0 Å². The van der Waals surface area contributed by atoms with E-state index in [0.717, 1.165) is 22.7 Å². The first-order chi connectivity index (χ1) is 11.0. The number of ether oxygens (including phenoxy) is 1. The summed E-state index contributed by atoms with van der Waals surface area (Å²) in [5.74, 6) is 0.840. The third kappa shape index (κ3) is 4.43. The Bertz CT molecular complexity index is 664. The fraction of sp³-hybridized carbons (Fsp3) is 0.389. The predicted octanol–water partition coefficient (Wildman–Crippen LogP) is 2.32. The fourth-order valence-corrected chi connectivity index (χ4v) is 2.73. The number of Topliss-reactive ketones (excluding diaryl/α,β-unsaturated/α-hetero) is 1. The van der Waals surface area contributed by atoms with Gasteiger partial charge in [0.05, 0.1) is 20.3 Å². The highest BCUT2D eigenvalue weighted by molar-refractivity contribution is 5.98. The summed E-state index contributed by atoms with van der Waals surface area (Å²) in [6.07, 6.45) is 0. The van der Waals surface area contributed by atoms with Crippen LogP contribution in [0.1, 0.15) is 27.3 Å². The fourth-order valence-electron chi connectivity index (χ4n) is 2.73. The van der Waals surface area contributed by atoms with Crippen LogP contribution in [0.25, 0.3) is 0 Å². The van der Waals surface area contributed by atoms with Crippen molar-refractivity contribution in [3.8, 4) is 5.75 Å². The van der Waals surface area contributed by atoms with Crippen LogP contribution < -0.4 is 4.74 Å². The van der Waals surface area contributed by atoms with Crippen molar-refractivity contribution in [1.29, 1.82) is 0 Å². The number of aliphatic hydroxyl groups is 1. The number of benzene rings is 1. The van der Waals surface area contributed by atoms with Gasteiger partial charge in [0.1, 0.15) is 5.75 Å². The molecule has 1 aromatic carbocycles. The number of rotatable bonds is 8. The topological polar surface area (TPSA) is 65.6 Å². The van der Waals surface area contributed by atoms with Crippen LogP contribution in [0.3, 0.4) is 0 Å². The quantitative estimate of drug-likeness (QED) is 0.734. The molecule has 1 aromatic heterocycles. The number of H-pyrrole nitrogens is 1. The van der Waals surface area contributed by atoms with Crippen LogP contribution in [0, 0.1) is 13.8 Å². The SMILES string of the molecule is COc1ccccc1CN(CCO)CC(=O)c1cc(C)[nH]c1C. The summed E-state index contributed by atoms with van der Waals surface area (Å²) in [5, 5.41) is 9.29. The summed E-state index contributed by atoms with van der Waals surface area (Å²) in [6.45, 7) is 5.09. The average Bonchev–Trinajstić information content (AvgIpc) is 2.86. The van der Waals surface area contributed by atoms with Crippen molar-refractivity contribution >= 4 is 5.78 Å². The number of carbonyl (C=O) groups is 1. The number of methoxy groups -OCH3 is 1. The number of aromatic nitrogens is 1. The summed E-state index contributed by atoms with van der Waals surface area (Å²) < 4.78 is 5.36. The van der Waals surface area contributed by atoms with Gasteiger partial charge in [-0.3, -0.25) is 9.69 Å². The van der Waals surface area contributed by atoms with E-state index < -0.39 is 0 Å². The molecule has 23 heavy (non-hydrogen) atoms. The third-order valence-corrected chi connectivity index (χ3v) is 3.82. The zero-order chi connectivity index (χ0) is 16.8. The molecule has 0 unspecified atom stereocenters. The number of nitrogens with one attached hydrogen (secondary N) is 1. The Morgan fingerprint density at radius 3 is 2.65 bits per heavy atom. The minimum absolute atomic E-state index is 0.00752. The van der Waals surface area contributed by atoms with Gasteiger partial charge in [0.25, 0.3) is 0 Å². The Morgan fingerprint density at radius 1 is 1.30 bits per heavy atom. The Morgan fingerprint density at radius 2 is 2.04 bits per heavy atom. The molecule has 0 atom stereocenters. The molecule has 0 spiro atoms. The van der Waals surface area contributed by atoms with Crippen LogP contribution in [0.5, 0.6) is 5.75 Å². The monoisotopic (exact) mass is 316 g/mol. The van der Waals surface area contributed by atoms with E-state index in [-0.39, 0.29) is 18.9 Å². The number of carbonyl (C=O) groups excluding carboxylic acids is 1. The van der Waals surface area contributed by atoms with Gasteiger partial charge >= 0.3 is 0 Å². The number of nitrogens with zero attached hydrogens (tertiary/aromatic N) is 1. The second kappa shape index (κ2) is 7.94. The van der Waals surface area contributed by atoms with E-state index in [0.29, 0.717) is 18.7 Å². The molecule has 0 aliphatic heterocycles. The maximum Gasteiger partial charge on any atom is 0.178 e.